The van der Waals surface area contributed by atoms with E-state index in [1.807, 2.05) is 29.8 Å². The number of carbonyl (C=O) groups excluding carboxylic acids is 1. The van der Waals surface area contributed by atoms with Gasteiger partial charge in [0.05, 0.1) is 19.6 Å². The molecule has 110 valence electrons. The average molecular weight is 285 g/mol. The lowest BCUT2D eigenvalue weighted by atomic mass is 10.1. The van der Waals surface area contributed by atoms with Crippen LogP contribution in [0.25, 0.3) is 0 Å². The van der Waals surface area contributed by atoms with Crippen LogP contribution in [0.1, 0.15) is 17.0 Å². The fourth-order valence-electron chi connectivity index (χ4n) is 2.47. The van der Waals surface area contributed by atoms with Crippen LogP contribution in [0.4, 0.5) is 5.69 Å². The summed E-state index contributed by atoms with van der Waals surface area (Å²) in [5.41, 5.74) is 3.26. The molecule has 21 heavy (non-hydrogen) atoms. The molecule has 1 amide bonds. The van der Waals surface area contributed by atoms with Crippen molar-refractivity contribution in [2.75, 3.05) is 18.4 Å². The molecular formula is C15H19N5O. The van der Waals surface area contributed by atoms with Gasteiger partial charge in [0.1, 0.15) is 12.2 Å². The Labute approximate surface area is 123 Å². The number of aromatic nitrogens is 3. The van der Waals surface area contributed by atoms with Crippen molar-refractivity contribution >= 4 is 11.6 Å². The van der Waals surface area contributed by atoms with Crippen molar-refractivity contribution in [2.24, 2.45) is 0 Å². The molecule has 0 fully saturated rings. The van der Waals surface area contributed by atoms with Crippen LogP contribution >= 0.6 is 0 Å². The summed E-state index contributed by atoms with van der Waals surface area (Å²) in [5.74, 6) is 0.923. The van der Waals surface area contributed by atoms with Crippen molar-refractivity contribution in [3.63, 3.8) is 0 Å². The molecule has 3 rings (SSSR count). The number of aryl methyl sites for hydroxylation is 2. The second-order valence-electron chi connectivity index (χ2n) is 5.46. The Kier molecular flexibility index (Phi) is 3.70. The summed E-state index contributed by atoms with van der Waals surface area (Å²) in [4.78, 5) is 18.4. The van der Waals surface area contributed by atoms with Crippen molar-refractivity contribution in [3.05, 3.63) is 41.5 Å². The number of nitrogens with zero attached hydrogens (tertiary/aromatic N) is 4. The Bertz CT molecular complexity index is 664. The van der Waals surface area contributed by atoms with Crippen LogP contribution < -0.4 is 5.32 Å². The Morgan fingerprint density at radius 1 is 1.29 bits per heavy atom. The predicted molar refractivity (Wildman–Crippen MR) is 79.8 cm³/mol. The lowest BCUT2D eigenvalue weighted by Gasteiger charge is -2.25. The quantitative estimate of drug-likeness (QED) is 0.924. The summed E-state index contributed by atoms with van der Waals surface area (Å²) >= 11 is 0. The van der Waals surface area contributed by atoms with Crippen LogP contribution in [0, 0.1) is 13.8 Å². The molecule has 1 aromatic heterocycles. The Morgan fingerprint density at radius 3 is 2.95 bits per heavy atom. The largest absolute Gasteiger partial charge is 0.325 e. The van der Waals surface area contributed by atoms with Gasteiger partial charge in [-0.1, -0.05) is 6.07 Å². The second kappa shape index (κ2) is 5.65. The summed E-state index contributed by atoms with van der Waals surface area (Å²) in [6, 6.07) is 5.96. The minimum absolute atomic E-state index is 0.00576. The molecule has 0 radical (unpaired) electrons. The average Bonchev–Trinajstić information content (AvgIpc) is 2.90. The molecule has 6 heteroatoms. The van der Waals surface area contributed by atoms with E-state index in [1.165, 1.54) is 11.1 Å². The van der Waals surface area contributed by atoms with Crippen LogP contribution in [0.15, 0.2) is 24.5 Å². The highest BCUT2D eigenvalue weighted by atomic mass is 16.2. The van der Waals surface area contributed by atoms with E-state index in [9.17, 15) is 4.79 Å². The molecule has 1 aliphatic rings. The number of anilines is 1. The zero-order valence-electron chi connectivity index (χ0n) is 12.3. The van der Waals surface area contributed by atoms with Gasteiger partial charge in [0.2, 0.25) is 5.91 Å². The van der Waals surface area contributed by atoms with Gasteiger partial charge in [0, 0.05) is 12.2 Å². The molecule has 2 heterocycles. The van der Waals surface area contributed by atoms with Crippen molar-refractivity contribution in [3.8, 4) is 0 Å². The topological polar surface area (TPSA) is 63.1 Å². The SMILES string of the molecule is Cc1ccc(NC(=O)CN2CCn3ncnc3C2)cc1C. The highest BCUT2D eigenvalue weighted by Crippen LogP contribution is 2.14. The zero-order valence-corrected chi connectivity index (χ0v) is 12.3. The summed E-state index contributed by atoms with van der Waals surface area (Å²) in [7, 11) is 0. The number of benzene rings is 1. The number of rotatable bonds is 3. The maximum Gasteiger partial charge on any atom is 0.238 e. The van der Waals surface area contributed by atoms with Gasteiger partial charge in [-0.2, -0.15) is 5.10 Å². The minimum atomic E-state index is 0.00576. The van der Waals surface area contributed by atoms with Crippen LogP contribution in [0.5, 0.6) is 0 Å². The van der Waals surface area contributed by atoms with E-state index in [0.717, 1.165) is 24.6 Å². The van der Waals surface area contributed by atoms with Crippen LogP contribution in [-0.2, 0) is 17.9 Å². The lowest BCUT2D eigenvalue weighted by molar-refractivity contribution is -0.117. The summed E-state index contributed by atoms with van der Waals surface area (Å²) in [6.07, 6.45) is 1.56. The number of fused-ring (bicyclic) bond motifs is 1. The number of hydrogen-bond acceptors (Lipinski definition) is 4. The molecule has 1 aromatic carbocycles. The first-order chi connectivity index (χ1) is 10.1. The highest BCUT2D eigenvalue weighted by Gasteiger charge is 2.19. The fourth-order valence-corrected chi connectivity index (χ4v) is 2.47. The van der Waals surface area contributed by atoms with E-state index in [0.29, 0.717) is 13.1 Å². The third kappa shape index (κ3) is 3.11. The standard InChI is InChI=1S/C15H19N5O/c1-11-3-4-13(7-12(11)2)18-15(21)9-19-5-6-20-14(8-19)16-10-17-20/h3-4,7,10H,5-6,8-9H2,1-2H3,(H,18,21). The van der Waals surface area contributed by atoms with E-state index in [-0.39, 0.29) is 5.91 Å². The highest BCUT2D eigenvalue weighted by molar-refractivity contribution is 5.92. The zero-order chi connectivity index (χ0) is 14.8. The lowest BCUT2D eigenvalue weighted by Crippen LogP contribution is -2.39. The van der Waals surface area contributed by atoms with E-state index in [2.05, 4.69) is 27.2 Å². The van der Waals surface area contributed by atoms with Gasteiger partial charge in [-0.3, -0.25) is 9.69 Å². The predicted octanol–water partition coefficient (Wildman–Crippen LogP) is 1.35. The monoisotopic (exact) mass is 285 g/mol. The first-order valence-electron chi connectivity index (χ1n) is 7.08. The maximum absolute atomic E-state index is 12.1. The summed E-state index contributed by atoms with van der Waals surface area (Å²) in [5, 5.41) is 7.09. The van der Waals surface area contributed by atoms with Crippen LogP contribution in [0.2, 0.25) is 0 Å². The van der Waals surface area contributed by atoms with Crippen molar-refractivity contribution in [1.82, 2.24) is 19.7 Å². The van der Waals surface area contributed by atoms with E-state index in [4.69, 9.17) is 0 Å². The number of hydrogen-bond donors (Lipinski definition) is 1. The van der Waals surface area contributed by atoms with Gasteiger partial charge < -0.3 is 5.32 Å². The summed E-state index contributed by atoms with van der Waals surface area (Å²) in [6.45, 7) is 6.75. The molecule has 0 saturated heterocycles. The number of nitrogens with one attached hydrogen (secondary N) is 1. The molecule has 0 saturated carbocycles. The molecular weight excluding hydrogens is 266 g/mol. The van der Waals surface area contributed by atoms with E-state index >= 15 is 0 Å². The molecule has 0 aliphatic carbocycles. The van der Waals surface area contributed by atoms with Gasteiger partial charge in [-0.05, 0) is 37.1 Å². The maximum atomic E-state index is 12.1. The van der Waals surface area contributed by atoms with Gasteiger partial charge in [0.25, 0.3) is 0 Å². The Hall–Kier alpha value is -2.21. The third-order valence-electron chi connectivity index (χ3n) is 3.85. The number of amides is 1. The molecule has 1 N–H and O–H groups in total. The molecule has 0 atom stereocenters. The van der Waals surface area contributed by atoms with Crippen LogP contribution in [-0.4, -0.2) is 38.7 Å². The van der Waals surface area contributed by atoms with Crippen molar-refractivity contribution < 1.29 is 4.79 Å². The van der Waals surface area contributed by atoms with Gasteiger partial charge in [-0.25, -0.2) is 9.67 Å². The van der Waals surface area contributed by atoms with Gasteiger partial charge >= 0.3 is 0 Å². The van der Waals surface area contributed by atoms with Crippen molar-refractivity contribution in [2.45, 2.75) is 26.9 Å². The molecule has 0 unspecified atom stereocenters. The molecule has 0 bridgehead atoms. The summed E-state index contributed by atoms with van der Waals surface area (Å²) < 4.78 is 1.89. The number of carbonyl (C=O) groups is 1. The fraction of sp³-hybridized carbons (Fsp3) is 0.400. The smallest absolute Gasteiger partial charge is 0.238 e. The first-order valence-corrected chi connectivity index (χ1v) is 7.08. The van der Waals surface area contributed by atoms with E-state index in [1.54, 1.807) is 6.33 Å². The van der Waals surface area contributed by atoms with Gasteiger partial charge in [0.15, 0.2) is 0 Å². The first kappa shape index (κ1) is 13.8. The molecule has 6 nitrogen and oxygen atoms in total. The Balaban J connectivity index is 1.58. The van der Waals surface area contributed by atoms with E-state index < -0.39 is 0 Å². The van der Waals surface area contributed by atoms with Crippen LogP contribution in [0.3, 0.4) is 0 Å². The molecule has 2 aromatic rings. The molecule has 1 aliphatic heterocycles. The van der Waals surface area contributed by atoms with Gasteiger partial charge in [-0.15, -0.1) is 0 Å². The third-order valence-corrected chi connectivity index (χ3v) is 3.85. The minimum Gasteiger partial charge on any atom is -0.325 e. The normalized spacial score (nSPS) is 14.8. The molecule has 0 spiro atoms. The Morgan fingerprint density at radius 2 is 2.14 bits per heavy atom. The van der Waals surface area contributed by atoms with Crippen molar-refractivity contribution in [1.29, 1.82) is 0 Å². The second-order valence-corrected chi connectivity index (χ2v) is 5.46.